The third-order valence-electron chi connectivity index (χ3n) is 3.76. The number of imidazole rings is 1. The number of rotatable bonds is 8. The van der Waals surface area contributed by atoms with E-state index >= 15 is 0 Å². The summed E-state index contributed by atoms with van der Waals surface area (Å²) in [4.78, 5) is 3.27. The van der Waals surface area contributed by atoms with Crippen LogP contribution in [0.25, 0.3) is 0 Å². The molecule has 0 unspecified atom stereocenters. The maximum absolute atomic E-state index is 12.5. The van der Waals surface area contributed by atoms with Crippen LogP contribution in [0.3, 0.4) is 0 Å². The van der Waals surface area contributed by atoms with Crippen molar-refractivity contribution < 1.29 is 17.7 Å². The van der Waals surface area contributed by atoms with Crippen molar-refractivity contribution in [1.82, 2.24) is 9.71 Å². The Morgan fingerprint density at radius 3 is 2.70 bits per heavy atom. The maximum atomic E-state index is 12.5. The minimum absolute atomic E-state index is 0.313. The molecule has 0 aliphatic rings. The highest BCUT2D eigenvalue weighted by molar-refractivity contribution is 7.89. The van der Waals surface area contributed by atoms with Gasteiger partial charge in [0, 0.05) is 6.54 Å². The number of nitrogens with one attached hydrogen (secondary N) is 2. The van der Waals surface area contributed by atoms with E-state index in [-0.39, 0.29) is 0 Å². The second-order valence-corrected chi connectivity index (χ2v) is 7.08. The molecule has 2 N–H and O–H groups in total. The Balaban J connectivity index is 2.02. The van der Waals surface area contributed by atoms with Gasteiger partial charge in [0.05, 0.1) is 18.0 Å². The highest BCUT2D eigenvalue weighted by Crippen LogP contribution is 2.26. The topological polar surface area (TPSA) is 75.1 Å². The SMILES string of the molecule is CCOc1ccc(S(=O)(=O)NCCC[n+]2cc[nH]c2)c(C)c1C. The Morgan fingerprint density at radius 2 is 2.04 bits per heavy atom. The fourth-order valence-electron chi connectivity index (χ4n) is 2.38. The molecule has 6 nitrogen and oxygen atoms in total. The van der Waals surface area contributed by atoms with Crippen LogP contribution in [0.4, 0.5) is 0 Å². The van der Waals surface area contributed by atoms with Crippen molar-refractivity contribution in [1.29, 1.82) is 0 Å². The molecule has 2 rings (SSSR count). The molecule has 0 amide bonds. The molecule has 1 aromatic heterocycles. The number of nitrogens with zero attached hydrogens (tertiary/aromatic N) is 1. The Morgan fingerprint density at radius 1 is 1.26 bits per heavy atom. The molecule has 126 valence electrons. The molecule has 2 aromatic rings. The zero-order chi connectivity index (χ0) is 16.9. The summed E-state index contributed by atoms with van der Waals surface area (Å²) in [6.45, 7) is 7.30. The van der Waals surface area contributed by atoms with Crippen molar-refractivity contribution >= 4 is 10.0 Å². The lowest BCUT2D eigenvalue weighted by Gasteiger charge is -2.14. The van der Waals surface area contributed by atoms with E-state index in [1.165, 1.54) is 0 Å². The van der Waals surface area contributed by atoms with E-state index in [0.29, 0.717) is 18.0 Å². The van der Waals surface area contributed by atoms with E-state index in [1.807, 2.05) is 44.1 Å². The summed E-state index contributed by atoms with van der Waals surface area (Å²) in [6, 6.07) is 3.33. The number of ether oxygens (including phenoxy) is 1. The van der Waals surface area contributed by atoms with Gasteiger partial charge in [0.1, 0.15) is 18.1 Å². The lowest BCUT2D eigenvalue weighted by molar-refractivity contribution is -0.695. The van der Waals surface area contributed by atoms with Crippen molar-refractivity contribution in [3.63, 3.8) is 0 Å². The summed E-state index contributed by atoms with van der Waals surface area (Å²) in [5.74, 6) is 0.729. The zero-order valence-electron chi connectivity index (χ0n) is 13.8. The van der Waals surface area contributed by atoms with Crippen molar-refractivity contribution in [3.05, 3.63) is 42.0 Å². The van der Waals surface area contributed by atoms with Crippen LogP contribution in [0.5, 0.6) is 5.75 Å². The molecule has 0 aliphatic carbocycles. The van der Waals surface area contributed by atoms with Crippen molar-refractivity contribution in [2.75, 3.05) is 13.2 Å². The van der Waals surface area contributed by atoms with Crippen LogP contribution in [0, 0.1) is 13.8 Å². The molecule has 1 heterocycles. The highest BCUT2D eigenvalue weighted by atomic mass is 32.2. The molecular formula is C16H24N3O3S+. The van der Waals surface area contributed by atoms with Gasteiger partial charge in [0.25, 0.3) is 0 Å². The van der Waals surface area contributed by atoms with Crippen LogP contribution < -0.4 is 14.0 Å². The Hall–Kier alpha value is -1.86. The molecule has 0 bridgehead atoms. The molecule has 0 spiro atoms. The first-order valence-corrected chi connectivity index (χ1v) is 9.18. The normalized spacial score (nSPS) is 11.6. The average molecular weight is 338 g/mol. The van der Waals surface area contributed by atoms with E-state index < -0.39 is 10.0 Å². The summed E-state index contributed by atoms with van der Waals surface area (Å²) in [6.07, 6.45) is 6.30. The number of hydrogen-bond donors (Lipinski definition) is 2. The number of hydrogen-bond acceptors (Lipinski definition) is 3. The Labute approximate surface area is 137 Å². The predicted molar refractivity (Wildman–Crippen MR) is 87.9 cm³/mol. The fourth-order valence-corrected chi connectivity index (χ4v) is 3.75. The highest BCUT2D eigenvalue weighted by Gasteiger charge is 2.19. The number of aromatic amines is 1. The minimum atomic E-state index is -3.51. The van der Waals surface area contributed by atoms with Gasteiger partial charge in [-0.2, -0.15) is 0 Å². The van der Waals surface area contributed by atoms with Gasteiger partial charge in [0.15, 0.2) is 0 Å². The first kappa shape index (κ1) is 17.5. The minimum Gasteiger partial charge on any atom is -0.494 e. The van der Waals surface area contributed by atoms with Gasteiger partial charge in [-0.25, -0.2) is 17.7 Å². The standard InChI is InChI=1S/C16H23N3O3S/c1-4-22-15-6-7-16(14(3)13(15)2)23(20,21)18-8-5-10-19-11-9-17-12-19/h6-7,9,11-12,18H,4-5,8,10H2,1-3H3/p+1. The molecule has 1 aromatic carbocycles. The second-order valence-electron chi connectivity index (χ2n) is 5.35. The third kappa shape index (κ3) is 4.33. The van der Waals surface area contributed by atoms with Crippen LogP contribution in [0.1, 0.15) is 24.5 Å². The smallest absolute Gasteiger partial charge is 0.241 e. The number of aryl methyl sites for hydroxylation is 1. The lowest BCUT2D eigenvalue weighted by atomic mass is 10.1. The third-order valence-corrected chi connectivity index (χ3v) is 5.37. The second kappa shape index (κ2) is 7.61. The lowest BCUT2D eigenvalue weighted by Crippen LogP contribution is -2.34. The van der Waals surface area contributed by atoms with E-state index in [4.69, 9.17) is 4.74 Å². The Bertz CT molecular complexity index is 740. The molecule has 0 radical (unpaired) electrons. The number of aromatic nitrogens is 2. The van der Waals surface area contributed by atoms with Crippen molar-refractivity contribution in [3.8, 4) is 5.75 Å². The average Bonchev–Trinajstić information content (AvgIpc) is 3.02. The van der Waals surface area contributed by atoms with Crippen LogP contribution >= 0.6 is 0 Å². The van der Waals surface area contributed by atoms with E-state index in [1.54, 1.807) is 12.1 Å². The van der Waals surface area contributed by atoms with E-state index in [9.17, 15) is 8.42 Å². The molecule has 0 saturated carbocycles. The summed E-state index contributed by atoms with van der Waals surface area (Å²) in [5, 5.41) is 0. The molecule has 23 heavy (non-hydrogen) atoms. The van der Waals surface area contributed by atoms with Gasteiger partial charge < -0.3 is 4.74 Å². The van der Waals surface area contributed by atoms with Crippen molar-refractivity contribution in [2.24, 2.45) is 0 Å². The summed E-state index contributed by atoms with van der Waals surface area (Å²) < 4.78 is 35.1. The van der Waals surface area contributed by atoms with Crippen LogP contribution in [-0.2, 0) is 16.6 Å². The molecule has 0 fully saturated rings. The van der Waals surface area contributed by atoms with Gasteiger partial charge in [0.2, 0.25) is 16.4 Å². The van der Waals surface area contributed by atoms with Crippen molar-refractivity contribution in [2.45, 2.75) is 38.6 Å². The molecule has 0 aliphatic heterocycles. The largest absolute Gasteiger partial charge is 0.494 e. The van der Waals surface area contributed by atoms with Gasteiger partial charge >= 0.3 is 0 Å². The Kier molecular flexibility index (Phi) is 5.79. The summed E-state index contributed by atoms with van der Waals surface area (Å²) in [5.41, 5.74) is 1.58. The van der Waals surface area contributed by atoms with Crippen LogP contribution in [0.2, 0.25) is 0 Å². The molecule has 0 saturated heterocycles. The van der Waals surface area contributed by atoms with E-state index in [0.717, 1.165) is 29.8 Å². The zero-order valence-corrected chi connectivity index (χ0v) is 14.6. The predicted octanol–water partition coefficient (Wildman–Crippen LogP) is 1.69. The summed E-state index contributed by atoms with van der Waals surface area (Å²) >= 11 is 0. The van der Waals surface area contributed by atoms with Crippen LogP contribution in [0.15, 0.2) is 35.7 Å². The fraction of sp³-hybridized carbons (Fsp3) is 0.438. The van der Waals surface area contributed by atoms with Crippen LogP contribution in [-0.4, -0.2) is 26.6 Å². The van der Waals surface area contributed by atoms with Gasteiger partial charge in [-0.1, -0.05) is 0 Å². The first-order valence-electron chi connectivity index (χ1n) is 7.70. The number of benzene rings is 1. The molecular weight excluding hydrogens is 314 g/mol. The first-order chi connectivity index (χ1) is 11.0. The number of sulfonamides is 1. The maximum Gasteiger partial charge on any atom is 0.241 e. The van der Waals surface area contributed by atoms with E-state index in [2.05, 4.69) is 9.71 Å². The van der Waals surface area contributed by atoms with Gasteiger partial charge in [-0.15, -0.1) is 0 Å². The van der Waals surface area contributed by atoms with Gasteiger partial charge in [-0.3, -0.25) is 4.98 Å². The number of H-pyrrole nitrogens is 1. The van der Waals surface area contributed by atoms with Gasteiger partial charge in [-0.05, 0) is 50.5 Å². The summed E-state index contributed by atoms with van der Waals surface area (Å²) in [7, 11) is -3.51. The molecule has 0 atom stereocenters. The molecule has 7 heteroatoms. The quantitative estimate of drug-likeness (QED) is 0.568. The monoisotopic (exact) mass is 338 g/mol.